The molecule has 0 aromatic rings. The molecule has 1 unspecified atom stereocenters. The fourth-order valence-corrected chi connectivity index (χ4v) is 7.21. The summed E-state index contributed by atoms with van der Waals surface area (Å²) in [6.45, 7) is 39.3. The smallest absolute Gasteiger partial charge is 0.0105 e. The fraction of sp³-hybridized carbons (Fsp3) is 1.00. The fourth-order valence-electron chi connectivity index (χ4n) is 7.21. The normalized spacial score (nSPS) is 24.8. The van der Waals surface area contributed by atoms with Gasteiger partial charge in [-0.15, -0.1) is 0 Å². The van der Waals surface area contributed by atoms with Gasteiger partial charge in [0, 0.05) is 41.1 Å². The van der Waals surface area contributed by atoms with Crippen LogP contribution in [0.4, 0.5) is 0 Å². The molecule has 6 nitrogen and oxygen atoms in total. The van der Waals surface area contributed by atoms with E-state index in [-0.39, 0.29) is 2.85 Å². The molecule has 4 aliphatic rings. The quantitative estimate of drug-likeness (QED) is 0.259. The van der Waals surface area contributed by atoms with Crippen LogP contribution in [0, 0.1) is 29.6 Å². The van der Waals surface area contributed by atoms with Crippen molar-refractivity contribution in [3.05, 3.63) is 0 Å². The Morgan fingerprint density at radius 3 is 1.50 bits per heavy atom. The van der Waals surface area contributed by atoms with E-state index in [9.17, 15) is 0 Å². The molecule has 4 aliphatic heterocycles. The molecule has 4 heterocycles. The topological polar surface area (TPSA) is 65.0 Å². The van der Waals surface area contributed by atoms with Gasteiger partial charge in [-0.05, 0) is 167 Å². The van der Waals surface area contributed by atoms with Gasteiger partial charge in [0.15, 0.2) is 0 Å². The molecular formula is C40H92N6. The Labute approximate surface area is 294 Å². The Balaban J connectivity index is -0.000000546. The van der Waals surface area contributed by atoms with Gasteiger partial charge in [0.05, 0.1) is 0 Å². The van der Waals surface area contributed by atoms with Crippen LogP contribution in [0.3, 0.4) is 0 Å². The molecule has 4 rings (SSSR count). The number of hydrogen-bond acceptors (Lipinski definition) is 6. The van der Waals surface area contributed by atoms with Crippen LogP contribution in [-0.4, -0.2) is 110 Å². The van der Waals surface area contributed by atoms with E-state index in [1.54, 1.807) is 0 Å². The third kappa shape index (κ3) is 21.7. The van der Waals surface area contributed by atoms with Crippen molar-refractivity contribution in [2.45, 2.75) is 152 Å². The Hall–Kier alpha value is -0.240. The van der Waals surface area contributed by atoms with Crippen LogP contribution in [0.25, 0.3) is 0 Å². The summed E-state index contributed by atoms with van der Waals surface area (Å²) in [4.78, 5) is 10.2. The highest BCUT2D eigenvalue weighted by Crippen LogP contribution is 2.24. The molecule has 0 amide bonds. The van der Waals surface area contributed by atoms with Gasteiger partial charge in [-0.25, -0.2) is 0 Å². The first-order valence-corrected chi connectivity index (χ1v) is 20.3. The maximum atomic E-state index is 5.51. The number of rotatable bonds is 9. The number of nitrogens with zero attached hydrogens (tertiary/aromatic N) is 4. The molecule has 0 aromatic heterocycles. The van der Waals surface area contributed by atoms with Crippen LogP contribution >= 0.6 is 0 Å². The van der Waals surface area contributed by atoms with Gasteiger partial charge < -0.3 is 31.1 Å². The van der Waals surface area contributed by atoms with Gasteiger partial charge in [0.1, 0.15) is 0 Å². The van der Waals surface area contributed by atoms with Crippen LogP contribution < -0.4 is 11.5 Å². The maximum Gasteiger partial charge on any atom is 0.0105 e. The lowest BCUT2D eigenvalue weighted by Crippen LogP contribution is -2.40. The van der Waals surface area contributed by atoms with Crippen LogP contribution in [0.15, 0.2) is 0 Å². The van der Waals surface area contributed by atoms with Gasteiger partial charge in [0.2, 0.25) is 0 Å². The molecule has 46 heavy (non-hydrogen) atoms. The zero-order valence-corrected chi connectivity index (χ0v) is 33.5. The summed E-state index contributed by atoms with van der Waals surface area (Å²) in [6.07, 6.45) is 13.6. The van der Waals surface area contributed by atoms with E-state index in [1.807, 2.05) is 13.8 Å². The summed E-state index contributed by atoms with van der Waals surface area (Å²) in [7, 11) is 0. The van der Waals surface area contributed by atoms with Crippen LogP contribution in [0.2, 0.25) is 0 Å². The van der Waals surface area contributed by atoms with Gasteiger partial charge in [0.25, 0.3) is 0 Å². The van der Waals surface area contributed by atoms with E-state index in [1.165, 1.54) is 117 Å². The second kappa shape index (κ2) is 28.6. The van der Waals surface area contributed by atoms with Crippen molar-refractivity contribution in [2.24, 2.45) is 41.1 Å². The molecule has 0 bridgehead atoms. The van der Waals surface area contributed by atoms with E-state index in [4.69, 9.17) is 11.5 Å². The lowest BCUT2D eigenvalue weighted by molar-refractivity contribution is 0.136. The SMILES string of the molecule is CC.CC(C)C1CCN(CCN)CC1.CC(C)N1CCC[C@H](C)C1.CC1CCN(CCCN)CC1.CCC(C)N1CCC[C@H](C)C1.[HH].[HH]. The van der Waals surface area contributed by atoms with E-state index < -0.39 is 0 Å². The van der Waals surface area contributed by atoms with Crippen LogP contribution in [-0.2, 0) is 0 Å². The summed E-state index contributed by atoms with van der Waals surface area (Å²) >= 11 is 0. The Bertz CT molecular complexity index is 651. The first-order valence-electron chi connectivity index (χ1n) is 20.3. The minimum absolute atomic E-state index is 0. The average Bonchev–Trinajstić information content (AvgIpc) is 3.06. The molecule has 3 atom stereocenters. The molecule has 0 saturated carbocycles. The highest BCUT2D eigenvalue weighted by Gasteiger charge is 2.21. The van der Waals surface area contributed by atoms with Crippen molar-refractivity contribution in [1.82, 2.24) is 19.6 Å². The molecule has 0 aromatic carbocycles. The number of hydrogen-bond donors (Lipinski definition) is 2. The first kappa shape index (κ1) is 45.8. The predicted octanol–water partition coefficient (Wildman–Crippen LogP) is 8.54. The summed E-state index contributed by atoms with van der Waals surface area (Å²) < 4.78 is 0. The summed E-state index contributed by atoms with van der Waals surface area (Å²) in [5.41, 5.74) is 11.0. The molecule has 6 heteroatoms. The zero-order valence-electron chi connectivity index (χ0n) is 33.5. The van der Waals surface area contributed by atoms with Crippen molar-refractivity contribution in [2.75, 3.05) is 78.5 Å². The van der Waals surface area contributed by atoms with Crippen molar-refractivity contribution < 1.29 is 2.85 Å². The standard InChI is InChI=1S/C10H22N2.C10H21N.C9H20N2.C9H19N.C2H6.2H2/c1-9(2)10-3-6-12(7-4-10)8-5-11;1-4-10(3)11-7-5-6-9(2)8-11;1-9-3-7-11(8-4-9)6-2-5-10;1-8(2)10-6-4-5-9(3)7-10;1-2;;/h9-10H,3-8,11H2,1-2H3;9-10H,4-8H2,1-3H3;9H,2-8,10H2,1H3;8-9H,4-7H2,1-3H3;1-2H3;2*1H/t;9-,10?;;9-;;;/m.0.0.../s1. The van der Waals surface area contributed by atoms with E-state index in [0.29, 0.717) is 0 Å². The van der Waals surface area contributed by atoms with Gasteiger partial charge in [-0.1, -0.05) is 55.4 Å². The van der Waals surface area contributed by atoms with Crippen LogP contribution in [0.5, 0.6) is 0 Å². The maximum absolute atomic E-state index is 5.51. The lowest BCUT2D eigenvalue weighted by atomic mass is 9.87. The first-order chi connectivity index (χ1) is 22.0. The Kier molecular flexibility index (Phi) is 28.4. The third-order valence-corrected chi connectivity index (χ3v) is 10.9. The van der Waals surface area contributed by atoms with Crippen molar-refractivity contribution in [3.8, 4) is 0 Å². The number of likely N-dealkylation sites (tertiary alicyclic amines) is 4. The number of piperidine rings is 4. The minimum atomic E-state index is 0. The molecule has 282 valence electrons. The molecule has 0 spiro atoms. The van der Waals surface area contributed by atoms with Gasteiger partial charge >= 0.3 is 0 Å². The number of nitrogens with two attached hydrogens (primary N) is 2. The molecule has 0 radical (unpaired) electrons. The summed E-state index contributed by atoms with van der Waals surface area (Å²) in [5, 5.41) is 0. The molecule has 4 N–H and O–H groups in total. The van der Waals surface area contributed by atoms with Gasteiger partial charge in [-0.3, -0.25) is 0 Å². The second-order valence-electron chi connectivity index (χ2n) is 15.7. The highest BCUT2D eigenvalue weighted by molar-refractivity contribution is 4.75. The van der Waals surface area contributed by atoms with Gasteiger partial charge in [-0.2, -0.15) is 0 Å². The van der Waals surface area contributed by atoms with Crippen molar-refractivity contribution in [3.63, 3.8) is 0 Å². The molecule has 0 aliphatic carbocycles. The largest absolute Gasteiger partial charge is 0.330 e. The third-order valence-electron chi connectivity index (χ3n) is 10.9. The van der Waals surface area contributed by atoms with E-state index in [0.717, 1.165) is 67.7 Å². The van der Waals surface area contributed by atoms with Crippen molar-refractivity contribution >= 4 is 0 Å². The van der Waals surface area contributed by atoms with E-state index >= 15 is 0 Å². The molecule has 4 saturated heterocycles. The Morgan fingerprint density at radius 2 is 1.09 bits per heavy atom. The molecule has 4 fully saturated rings. The summed E-state index contributed by atoms with van der Waals surface area (Å²) in [5.74, 6) is 4.63. The predicted molar refractivity (Wildman–Crippen MR) is 212 cm³/mol. The average molecular weight is 657 g/mol. The highest BCUT2D eigenvalue weighted by atomic mass is 15.2. The van der Waals surface area contributed by atoms with Crippen molar-refractivity contribution in [1.29, 1.82) is 0 Å². The van der Waals surface area contributed by atoms with Crippen LogP contribution in [0.1, 0.15) is 143 Å². The monoisotopic (exact) mass is 657 g/mol. The minimum Gasteiger partial charge on any atom is -0.330 e. The zero-order chi connectivity index (χ0) is 34.9. The van der Waals surface area contributed by atoms with E-state index in [2.05, 4.69) is 81.9 Å². The Morgan fingerprint density at radius 1 is 0.609 bits per heavy atom. The lowest BCUT2D eigenvalue weighted by Gasteiger charge is -2.35. The summed E-state index contributed by atoms with van der Waals surface area (Å²) in [6, 6.07) is 1.56. The second-order valence-corrected chi connectivity index (χ2v) is 15.7. The molecular weight excluding hydrogens is 564 g/mol.